The third-order valence-corrected chi connectivity index (χ3v) is 5.27. The van der Waals surface area contributed by atoms with Gasteiger partial charge in [-0.3, -0.25) is 4.79 Å². The monoisotopic (exact) mass is 318 g/mol. The highest BCUT2D eigenvalue weighted by Crippen LogP contribution is 2.26. The number of thiazole rings is 1. The van der Waals surface area contributed by atoms with Gasteiger partial charge in [0.1, 0.15) is 5.82 Å². The fraction of sp³-hybridized carbons (Fsp3) is 0.562. The molecule has 1 amide bonds. The van der Waals surface area contributed by atoms with Gasteiger partial charge in [0.25, 0.3) is 0 Å². The summed E-state index contributed by atoms with van der Waals surface area (Å²) in [6, 6.07) is 0. The maximum atomic E-state index is 12.6. The summed E-state index contributed by atoms with van der Waals surface area (Å²) < 4.78 is 0. The van der Waals surface area contributed by atoms with E-state index in [1.807, 2.05) is 31.9 Å². The number of carbonyl (C=O) groups excluding carboxylic acids is 1. The van der Waals surface area contributed by atoms with Crippen LogP contribution >= 0.6 is 11.3 Å². The molecular weight excluding hydrogens is 296 g/mol. The Morgan fingerprint density at radius 3 is 2.91 bits per heavy atom. The summed E-state index contributed by atoms with van der Waals surface area (Å²) in [5.74, 6) is 1.55. The number of rotatable bonds is 3. The molecule has 1 aliphatic heterocycles. The van der Waals surface area contributed by atoms with Crippen molar-refractivity contribution in [3.8, 4) is 0 Å². The van der Waals surface area contributed by atoms with E-state index < -0.39 is 0 Å². The molecule has 118 valence electrons. The first-order valence-corrected chi connectivity index (χ1v) is 8.56. The van der Waals surface area contributed by atoms with Crippen molar-refractivity contribution in [2.45, 2.75) is 46.0 Å². The van der Waals surface area contributed by atoms with Gasteiger partial charge in [-0.25, -0.2) is 9.97 Å². The minimum atomic E-state index is 0.208. The van der Waals surface area contributed by atoms with Crippen molar-refractivity contribution in [3.63, 3.8) is 0 Å². The summed E-state index contributed by atoms with van der Waals surface area (Å²) in [4.78, 5) is 27.8. The lowest BCUT2D eigenvalue weighted by Gasteiger charge is -2.32. The third kappa shape index (κ3) is 3.21. The molecule has 1 N–H and O–H groups in total. The van der Waals surface area contributed by atoms with Crippen molar-refractivity contribution in [2.75, 3.05) is 13.1 Å². The molecule has 0 saturated carbocycles. The molecule has 2 aromatic heterocycles. The molecule has 6 heteroatoms. The van der Waals surface area contributed by atoms with Crippen molar-refractivity contribution in [3.05, 3.63) is 33.3 Å². The number of aryl methyl sites for hydroxylation is 3. The Bertz CT molecular complexity index is 675. The standard InChI is InChI=1S/C16H22N4OS/c1-10-8-17-16(18-10)13-5-4-6-20(9-13)15(21)7-14-11(2)19-12(3)22-14/h8,13H,4-7,9H2,1-3H3,(H,17,18)/t13-/m0/s1. The highest BCUT2D eigenvalue weighted by Gasteiger charge is 2.27. The molecule has 5 nitrogen and oxygen atoms in total. The number of piperidine rings is 1. The van der Waals surface area contributed by atoms with E-state index >= 15 is 0 Å². The number of aromatic amines is 1. The van der Waals surface area contributed by atoms with Crippen LogP contribution in [0.4, 0.5) is 0 Å². The molecule has 1 atom stereocenters. The Hall–Kier alpha value is -1.69. The van der Waals surface area contributed by atoms with Crippen LogP contribution in [0.3, 0.4) is 0 Å². The second-order valence-corrected chi connectivity index (χ2v) is 7.34. The topological polar surface area (TPSA) is 61.9 Å². The molecule has 0 unspecified atom stereocenters. The van der Waals surface area contributed by atoms with Gasteiger partial charge in [-0.05, 0) is 33.6 Å². The van der Waals surface area contributed by atoms with Crippen molar-refractivity contribution in [2.24, 2.45) is 0 Å². The summed E-state index contributed by atoms with van der Waals surface area (Å²) in [7, 11) is 0. The molecule has 0 radical (unpaired) electrons. The second-order valence-electron chi connectivity index (χ2n) is 6.05. The van der Waals surface area contributed by atoms with E-state index in [2.05, 4.69) is 15.0 Å². The number of nitrogens with zero attached hydrogens (tertiary/aromatic N) is 3. The summed E-state index contributed by atoms with van der Waals surface area (Å²) in [5.41, 5.74) is 2.07. The zero-order valence-electron chi connectivity index (χ0n) is 13.3. The van der Waals surface area contributed by atoms with Crippen molar-refractivity contribution >= 4 is 17.2 Å². The van der Waals surface area contributed by atoms with Crippen LogP contribution in [0.1, 0.15) is 45.9 Å². The molecule has 0 bridgehead atoms. The average molecular weight is 318 g/mol. The van der Waals surface area contributed by atoms with Gasteiger partial charge in [0.2, 0.25) is 5.91 Å². The zero-order chi connectivity index (χ0) is 15.7. The Balaban J connectivity index is 1.66. The van der Waals surface area contributed by atoms with E-state index in [9.17, 15) is 4.79 Å². The molecular formula is C16H22N4OS. The van der Waals surface area contributed by atoms with Crippen molar-refractivity contribution < 1.29 is 4.79 Å². The van der Waals surface area contributed by atoms with Crippen LogP contribution in [0.2, 0.25) is 0 Å². The molecule has 1 aliphatic rings. The summed E-state index contributed by atoms with van der Waals surface area (Å²) in [6.07, 6.45) is 4.47. The highest BCUT2D eigenvalue weighted by atomic mass is 32.1. The average Bonchev–Trinajstić information content (AvgIpc) is 3.05. The van der Waals surface area contributed by atoms with Gasteiger partial charge in [-0.15, -0.1) is 11.3 Å². The molecule has 1 fully saturated rings. The molecule has 3 heterocycles. The van der Waals surface area contributed by atoms with Crippen molar-refractivity contribution in [1.29, 1.82) is 0 Å². The number of aromatic nitrogens is 3. The van der Waals surface area contributed by atoms with Gasteiger partial charge in [0, 0.05) is 35.8 Å². The van der Waals surface area contributed by atoms with Crippen LogP contribution in [0.25, 0.3) is 0 Å². The van der Waals surface area contributed by atoms with Gasteiger partial charge in [0.05, 0.1) is 17.1 Å². The zero-order valence-corrected chi connectivity index (χ0v) is 14.2. The Labute approximate surface area is 134 Å². The first-order chi connectivity index (χ1) is 10.5. The smallest absolute Gasteiger partial charge is 0.227 e. The number of nitrogens with one attached hydrogen (secondary N) is 1. The molecule has 22 heavy (non-hydrogen) atoms. The molecule has 2 aromatic rings. The van der Waals surface area contributed by atoms with E-state index in [0.717, 1.165) is 53.0 Å². The third-order valence-electron chi connectivity index (χ3n) is 4.19. The van der Waals surface area contributed by atoms with Crippen LogP contribution in [-0.4, -0.2) is 38.8 Å². The van der Waals surface area contributed by atoms with Crippen LogP contribution in [0.5, 0.6) is 0 Å². The predicted molar refractivity (Wildman–Crippen MR) is 87.2 cm³/mol. The van der Waals surface area contributed by atoms with Gasteiger partial charge >= 0.3 is 0 Å². The number of H-pyrrole nitrogens is 1. The van der Waals surface area contributed by atoms with E-state index in [-0.39, 0.29) is 5.91 Å². The number of amides is 1. The van der Waals surface area contributed by atoms with Gasteiger partial charge in [0.15, 0.2) is 0 Å². The number of carbonyl (C=O) groups is 1. The number of likely N-dealkylation sites (tertiary alicyclic amines) is 1. The summed E-state index contributed by atoms with van der Waals surface area (Å²) in [5, 5.41) is 1.03. The first kappa shape index (κ1) is 15.2. The predicted octanol–water partition coefficient (Wildman–Crippen LogP) is 2.74. The summed E-state index contributed by atoms with van der Waals surface area (Å²) in [6.45, 7) is 7.60. The first-order valence-electron chi connectivity index (χ1n) is 7.75. The van der Waals surface area contributed by atoms with Gasteiger partial charge in [-0.1, -0.05) is 0 Å². The lowest BCUT2D eigenvalue weighted by Crippen LogP contribution is -2.40. The Morgan fingerprint density at radius 2 is 2.27 bits per heavy atom. The van der Waals surface area contributed by atoms with Gasteiger partial charge < -0.3 is 9.88 Å². The van der Waals surface area contributed by atoms with E-state index in [1.165, 1.54) is 0 Å². The number of hydrogen-bond donors (Lipinski definition) is 1. The fourth-order valence-electron chi connectivity index (χ4n) is 3.05. The lowest BCUT2D eigenvalue weighted by atomic mass is 9.97. The largest absolute Gasteiger partial charge is 0.346 e. The Kier molecular flexibility index (Phi) is 4.29. The van der Waals surface area contributed by atoms with Crippen LogP contribution in [0, 0.1) is 20.8 Å². The van der Waals surface area contributed by atoms with Crippen LogP contribution in [-0.2, 0) is 11.2 Å². The maximum Gasteiger partial charge on any atom is 0.227 e. The number of hydrogen-bond acceptors (Lipinski definition) is 4. The van der Waals surface area contributed by atoms with Crippen LogP contribution < -0.4 is 0 Å². The molecule has 0 aliphatic carbocycles. The van der Waals surface area contributed by atoms with Crippen LogP contribution in [0.15, 0.2) is 6.20 Å². The van der Waals surface area contributed by atoms with E-state index in [4.69, 9.17) is 0 Å². The fourth-order valence-corrected chi connectivity index (χ4v) is 3.98. The molecule has 3 rings (SSSR count). The quantitative estimate of drug-likeness (QED) is 0.946. The molecule has 0 spiro atoms. The van der Waals surface area contributed by atoms with Crippen molar-refractivity contribution in [1.82, 2.24) is 19.9 Å². The molecule has 1 saturated heterocycles. The Morgan fingerprint density at radius 1 is 1.45 bits per heavy atom. The highest BCUT2D eigenvalue weighted by molar-refractivity contribution is 7.11. The van der Waals surface area contributed by atoms with E-state index in [1.54, 1.807) is 11.3 Å². The normalized spacial score (nSPS) is 18.7. The summed E-state index contributed by atoms with van der Waals surface area (Å²) >= 11 is 1.63. The minimum Gasteiger partial charge on any atom is -0.346 e. The lowest BCUT2D eigenvalue weighted by molar-refractivity contribution is -0.131. The minimum absolute atomic E-state index is 0.208. The second kappa shape index (κ2) is 6.20. The maximum absolute atomic E-state index is 12.6. The number of imidazole rings is 1. The molecule has 0 aromatic carbocycles. The van der Waals surface area contributed by atoms with E-state index in [0.29, 0.717) is 12.3 Å². The SMILES string of the molecule is Cc1cnc([C@H]2CCCN(C(=O)Cc3sc(C)nc3C)C2)[nH]1. The van der Waals surface area contributed by atoms with Gasteiger partial charge in [-0.2, -0.15) is 0 Å².